The molecule has 4 atom stereocenters. The quantitative estimate of drug-likeness (QED) is 0.737. The molecule has 2 nitrogen and oxygen atoms in total. The van der Waals surface area contributed by atoms with Crippen LogP contribution in [0.25, 0.3) is 0 Å². The molecule has 2 aromatic carbocycles. The third-order valence-corrected chi connectivity index (χ3v) is 5.44. The summed E-state index contributed by atoms with van der Waals surface area (Å²) in [6, 6.07) is 21.3. The number of piperidine rings is 1. The van der Waals surface area contributed by atoms with Crippen LogP contribution in [0.4, 0.5) is 0 Å². The van der Waals surface area contributed by atoms with Crippen LogP contribution in [0, 0.1) is 5.92 Å². The highest BCUT2D eigenvalue weighted by molar-refractivity contribution is 5.27. The highest BCUT2D eigenvalue weighted by atomic mass is 16.3. The van der Waals surface area contributed by atoms with Crippen LogP contribution in [0.15, 0.2) is 72.8 Å². The van der Waals surface area contributed by atoms with Crippen LogP contribution in [0.3, 0.4) is 0 Å². The van der Waals surface area contributed by atoms with Crippen LogP contribution in [0.2, 0.25) is 0 Å². The minimum Gasteiger partial charge on any atom is -0.389 e. The van der Waals surface area contributed by atoms with E-state index < -0.39 is 5.60 Å². The third-order valence-electron chi connectivity index (χ3n) is 5.44. The molecule has 1 aliphatic rings. The van der Waals surface area contributed by atoms with Gasteiger partial charge in [0.05, 0.1) is 5.60 Å². The van der Waals surface area contributed by atoms with Crippen molar-refractivity contribution >= 4 is 0 Å². The maximum atomic E-state index is 11.7. The van der Waals surface area contributed by atoms with Gasteiger partial charge in [-0.2, -0.15) is 0 Å². The fourth-order valence-corrected chi connectivity index (χ4v) is 4.44. The highest BCUT2D eigenvalue weighted by Crippen LogP contribution is 2.47. The van der Waals surface area contributed by atoms with Gasteiger partial charge in [0.2, 0.25) is 0 Å². The summed E-state index contributed by atoms with van der Waals surface area (Å²) in [4.78, 5) is 0. The Hall–Kier alpha value is -1.90. The molecule has 1 aliphatic heterocycles. The lowest BCUT2D eigenvalue weighted by Gasteiger charge is -2.49. The molecule has 0 radical (unpaired) electrons. The van der Waals surface area contributed by atoms with Crippen molar-refractivity contribution in [3.8, 4) is 0 Å². The maximum absolute atomic E-state index is 11.7. The van der Waals surface area contributed by atoms with Crippen molar-refractivity contribution < 1.29 is 5.11 Å². The molecular weight excluding hydrogens is 306 g/mol. The Labute approximate surface area is 151 Å². The Bertz CT molecular complexity index is 697. The van der Waals surface area contributed by atoms with E-state index in [1.807, 2.05) is 19.1 Å². The van der Waals surface area contributed by atoms with Crippen molar-refractivity contribution in [3.05, 3.63) is 83.9 Å². The van der Waals surface area contributed by atoms with Crippen molar-refractivity contribution in [2.45, 2.75) is 50.8 Å². The molecule has 2 aromatic rings. The Morgan fingerprint density at radius 2 is 1.64 bits per heavy atom. The number of aliphatic hydroxyl groups is 1. The van der Waals surface area contributed by atoms with Gasteiger partial charge in [0, 0.05) is 18.0 Å². The molecule has 2 N–H and O–H groups in total. The van der Waals surface area contributed by atoms with Crippen LogP contribution in [0.5, 0.6) is 0 Å². The summed E-state index contributed by atoms with van der Waals surface area (Å²) in [5, 5.41) is 15.5. The zero-order chi connectivity index (χ0) is 17.9. The fraction of sp³-hybridized carbons (Fsp3) is 0.391. The minimum atomic E-state index is -0.743. The van der Waals surface area contributed by atoms with Crippen molar-refractivity contribution in [2.75, 3.05) is 0 Å². The Morgan fingerprint density at radius 1 is 1.08 bits per heavy atom. The van der Waals surface area contributed by atoms with Gasteiger partial charge in [0.1, 0.15) is 0 Å². The lowest BCUT2D eigenvalue weighted by molar-refractivity contribution is -0.0759. The first kappa shape index (κ1) is 17.9. The molecule has 0 saturated carbocycles. The van der Waals surface area contributed by atoms with Gasteiger partial charge in [-0.3, -0.25) is 0 Å². The van der Waals surface area contributed by atoms with Gasteiger partial charge in [0.15, 0.2) is 0 Å². The molecule has 0 spiro atoms. The molecule has 25 heavy (non-hydrogen) atoms. The largest absolute Gasteiger partial charge is 0.389 e. The monoisotopic (exact) mass is 335 g/mol. The van der Waals surface area contributed by atoms with Gasteiger partial charge in [-0.25, -0.2) is 0 Å². The number of nitrogens with one attached hydrogen (secondary N) is 1. The van der Waals surface area contributed by atoms with Crippen LogP contribution < -0.4 is 5.32 Å². The van der Waals surface area contributed by atoms with Crippen LogP contribution >= 0.6 is 0 Å². The van der Waals surface area contributed by atoms with Gasteiger partial charge in [-0.1, -0.05) is 73.2 Å². The van der Waals surface area contributed by atoms with Gasteiger partial charge < -0.3 is 10.4 Å². The van der Waals surface area contributed by atoms with Gasteiger partial charge in [-0.05, 0) is 37.3 Å². The first-order chi connectivity index (χ1) is 12.0. The first-order valence-corrected chi connectivity index (χ1v) is 9.26. The van der Waals surface area contributed by atoms with Gasteiger partial charge in [0.25, 0.3) is 0 Å². The average Bonchev–Trinajstić information content (AvgIpc) is 2.61. The van der Waals surface area contributed by atoms with Gasteiger partial charge in [-0.15, -0.1) is 6.58 Å². The van der Waals surface area contributed by atoms with E-state index in [2.05, 4.69) is 67.4 Å². The fourth-order valence-electron chi connectivity index (χ4n) is 4.44. The standard InChI is InChI=1S/C23H29NO/c1-4-20-22(19-13-9-6-10-14-19)24-21(18-11-7-5-8-12-18)16-23(20,25)15-17(2)3/h5-14,20-22,24-25H,2,4,15-16H2,1,3H3/t20-,21+,22-,23+/m1/s1. The molecule has 132 valence electrons. The summed E-state index contributed by atoms with van der Waals surface area (Å²) >= 11 is 0. The topological polar surface area (TPSA) is 32.3 Å². The van der Waals surface area contributed by atoms with Crippen LogP contribution in [0.1, 0.15) is 56.3 Å². The SMILES string of the molecule is C=C(C)C[C@]1(O)C[C@@H](c2ccccc2)N[C@H](c2ccccc2)[C@H]1CC. The molecule has 0 unspecified atom stereocenters. The molecule has 1 heterocycles. The molecule has 1 fully saturated rings. The minimum absolute atomic E-state index is 0.134. The second kappa shape index (κ2) is 7.55. The smallest absolute Gasteiger partial charge is 0.0748 e. The van der Waals surface area contributed by atoms with Crippen molar-refractivity contribution in [3.63, 3.8) is 0 Å². The highest BCUT2D eigenvalue weighted by Gasteiger charge is 2.47. The van der Waals surface area contributed by atoms with Crippen LogP contribution in [-0.4, -0.2) is 10.7 Å². The Kier molecular flexibility index (Phi) is 5.41. The lowest BCUT2D eigenvalue weighted by Crippen LogP contribution is -2.53. The summed E-state index contributed by atoms with van der Waals surface area (Å²) < 4.78 is 0. The summed E-state index contributed by atoms with van der Waals surface area (Å²) in [5.41, 5.74) is 2.78. The first-order valence-electron chi connectivity index (χ1n) is 9.26. The molecular formula is C23H29NO. The zero-order valence-electron chi connectivity index (χ0n) is 15.3. The Morgan fingerprint density at radius 3 is 2.16 bits per heavy atom. The molecule has 0 amide bonds. The summed E-state index contributed by atoms with van der Waals surface area (Å²) in [6.45, 7) is 8.27. The third kappa shape index (κ3) is 3.86. The zero-order valence-corrected chi connectivity index (χ0v) is 15.3. The van der Waals surface area contributed by atoms with E-state index in [4.69, 9.17) is 0 Å². The van der Waals surface area contributed by atoms with Crippen LogP contribution in [-0.2, 0) is 0 Å². The van der Waals surface area contributed by atoms with E-state index in [9.17, 15) is 5.11 Å². The van der Waals surface area contributed by atoms with E-state index in [0.29, 0.717) is 12.8 Å². The molecule has 2 heteroatoms. The number of hydrogen-bond donors (Lipinski definition) is 2. The summed E-state index contributed by atoms with van der Waals surface area (Å²) in [7, 11) is 0. The van der Waals surface area contributed by atoms with E-state index in [1.54, 1.807) is 0 Å². The van der Waals surface area contributed by atoms with Crippen molar-refractivity contribution in [1.82, 2.24) is 5.32 Å². The Balaban J connectivity index is 2.01. The number of hydrogen-bond acceptors (Lipinski definition) is 2. The summed E-state index contributed by atoms with van der Waals surface area (Å²) in [5.74, 6) is 0.159. The maximum Gasteiger partial charge on any atom is 0.0748 e. The molecule has 1 saturated heterocycles. The normalized spacial score (nSPS) is 29.3. The number of rotatable bonds is 5. The molecule has 0 aromatic heterocycles. The van der Waals surface area contributed by atoms with E-state index in [0.717, 1.165) is 12.0 Å². The van der Waals surface area contributed by atoms with E-state index in [-0.39, 0.29) is 18.0 Å². The number of benzene rings is 2. The lowest BCUT2D eigenvalue weighted by atomic mass is 9.67. The molecule has 0 bridgehead atoms. The second-order valence-electron chi connectivity index (χ2n) is 7.47. The predicted molar refractivity (Wildman–Crippen MR) is 104 cm³/mol. The molecule has 3 rings (SSSR count). The molecule has 0 aliphatic carbocycles. The predicted octanol–water partition coefficient (Wildman–Crippen LogP) is 5.19. The van der Waals surface area contributed by atoms with Crippen molar-refractivity contribution in [2.24, 2.45) is 5.92 Å². The average molecular weight is 335 g/mol. The van der Waals surface area contributed by atoms with Gasteiger partial charge >= 0.3 is 0 Å². The van der Waals surface area contributed by atoms with E-state index >= 15 is 0 Å². The van der Waals surface area contributed by atoms with Crippen molar-refractivity contribution in [1.29, 1.82) is 0 Å². The van der Waals surface area contributed by atoms with E-state index in [1.165, 1.54) is 11.1 Å². The summed E-state index contributed by atoms with van der Waals surface area (Å²) in [6.07, 6.45) is 2.30. The second-order valence-corrected chi connectivity index (χ2v) is 7.47.